The van der Waals surface area contributed by atoms with Crippen LogP contribution in [0.2, 0.25) is 0 Å². The van der Waals surface area contributed by atoms with Gasteiger partial charge in [0.1, 0.15) is 0 Å². The number of rotatable bonds is 3. The van der Waals surface area contributed by atoms with Crippen molar-refractivity contribution in [1.29, 1.82) is 0 Å². The molecule has 1 aliphatic rings. The highest BCUT2D eigenvalue weighted by Crippen LogP contribution is 2.33. The molecular formula is C11H22N2. The van der Waals surface area contributed by atoms with Crippen LogP contribution >= 0.6 is 0 Å². The molecule has 1 aliphatic heterocycles. The van der Waals surface area contributed by atoms with E-state index in [-0.39, 0.29) is 0 Å². The molecule has 0 aromatic carbocycles. The summed E-state index contributed by atoms with van der Waals surface area (Å²) < 4.78 is 0. The first-order chi connectivity index (χ1) is 6.04. The van der Waals surface area contributed by atoms with Crippen LogP contribution in [0, 0.1) is 11.3 Å². The summed E-state index contributed by atoms with van der Waals surface area (Å²) in [6.07, 6.45) is 4.20. The molecule has 0 aromatic heterocycles. The maximum Gasteiger partial charge on any atom is 0.0163 e. The summed E-state index contributed by atoms with van der Waals surface area (Å²) in [5, 5.41) is 0. The highest BCUT2D eigenvalue weighted by atomic mass is 15.2. The molecule has 0 unspecified atom stereocenters. The lowest BCUT2D eigenvalue weighted by Crippen LogP contribution is -2.51. The van der Waals surface area contributed by atoms with Crippen LogP contribution < -0.4 is 5.73 Å². The summed E-state index contributed by atoms with van der Waals surface area (Å²) in [5.41, 5.74) is 5.85. The van der Waals surface area contributed by atoms with Gasteiger partial charge in [0.2, 0.25) is 0 Å². The minimum atomic E-state index is 0.480. The molecule has 0 saturated carbocycles. The molecule has 1 heterocycles. The Morgan fingerprint density at radius 3 is 2.38 bits per heavy atom. The van der Waals surface area contributed by atoms with Crippen molar-refractivity contribution in [2.45, 2.75) is 20.8 Å². The smallest absolute Gasteiger partial charge is 0.0163 e. The minimum absolute atomic E-state index is 0.480. The molecule has 0 aliphatic carbocycles. The molecule has 76 valence electrons. The van der Waals surface area contributed by atoms with Crippen LogP contribution in [0.25, 0.3) is 0 Å². The number of likely N-dealkylation sites (tertiary alicyclic amines) is 1. The summed E-state index contributed by atoms with van der Waals surface area (Å²) in [7, 11) is 0. The molecule has 2 N–H and O–H groups in total. The summed E-state index contributed by atoms with van der Waals surface area (Å²) >= 11 is 0. The Bertz CT molecular complexity index is 173. The Morgan fingerprint density at radius 2 is 1.92 bits per heavy atom. The average molecular weight is 182 g/mol. The standard InChI is InChI=1S/C11H22N2/c1-11(2,3)10-8-13(9-10)7-5-4-6-12/h4-5,10H,6-9,12H2,1-3H3/b5-4+. The Kier molecular flexibility index (Phi) is 3.51. The molecule has 1 rings (SSSR count). The fraction of sp³-hybridized carbons (Fsp3) is 0.818. The zero-order valence-corrected chi connectivity index (χ0v) is 9.09. The number of nitrogens with zero attached hydrogens (tertiary/aromatic N) is 1. The van der Waals surface area contributed by atoms with Crippen molar-refractivity contribution in [3.05, 3.63) is 12.2 Å². The Balaban J connectivity index is 2.15. The largest absolute Gasteiger partial charge is 0.327 e. The van der Waals surface area contributed by atoms with E-state index in [1.54, 1.807) is 0 Å². The van der Waals surface area contributed by atoms with Crippen LogP contribution in [-0.4, -0.2) is 31.1 Å². The van der Waals surface area contributed by atoms with E-state index in [1.807, 2.05) is 6.08 Å². The predicted molar refractivity (Wildman–Crippen MR) is 57.6 cm³/mol. The highest BCUT2D eigenvalue weighted by Gasteiger charge is 2.34. The van der Waals surface area contributed by atoms with Gasteiger partial charge in [-0.15, -0.1) is 0 Å². The summed E-state index contributed by atoms with van der Waals surface area (Å²) in [6.45, 7) is 11.2. The van der Waals surface area contributed by atoms with Gasteiger partial charge < -0.3 is 5.73 Å². The molecular weight excluding hydrogens is 160 g/mol. The summed E-state index contributed by atoms with van der Waals surface area (Å²) in [5.74, 6) is 0.874. The predicted octanol–water partition coefficient (Wildman–Crippen LogP) is 1.48. The maximum absolute atomic E-state index is 5.37. The number of nitrogens with two attached hydrogens (primary N) is 1. The first kappa shape index (κ1) is 10.7. The molecule has 2 heteroatoms. The van der Waals surface area contributed by atoms with Crippen LogP contribution in [0.1, 0.15) is 20.8 Å². The van der Waals surface area contributed by atoms with Crippen molar-refractivity contribution in [3.63, 3.8) is 0 Å². The first-order valence-electron chi connectivity index (χ1n) is 5.11. The number of hydrogen-bond acceptors (Lipinski definition) is 2. The SMILES string of the molecule is CC(C)(C)C1CN(C/C=C/CN)C1. The molecule has 0 aromatic rings. The molecule has 0 spiro atoms. The third kappa shape index (κ3) is 3.12. The Morgan fingerprint density at radius 1 is 1.31 bits per heavy atom. The van der Waals surface area contributed by atoms with Crippen molar-refractivity contribution in [3.8, 4) is 0 Å². The van der Waals surface area contributed by atoms with Crippen LogP contribution in [0.4, 0.5) is 0 Å². The molecule has 1 fully saturated rings. The molecule has 2 nitrogen and oxygen atoms in total. The van der Waals surface area contributed by atoms with E-state index in [0.717, 1.165) is 12.5 Å². The monoisotopic (exact) mass is 182 g/mol. The average Bonchev–Trinajstić information content (AvgIpc) is 1.91. The second-order valence-corrected chi connectivity index (χ2v) is 4.99. The second-order valence-electron chi connectivity index (χ2n) is 4.99. The van der Waals surface area contributed by atoms with Gasteiger partial charge in [-0.05, 0) is 11.3 Å². The van der Waals surface area contributed by atoms with E-state index in [1.165, 1.54) is 13.1 Å². The lowest BCUT2D eigenvalue weighted by Gasteiger charge is -2.46. The van der Waals surface area contributed by atoms with Gasteiger partial charge in [0, 0.05) is 26.2 Å². The van der Waals surface area contributed by atoms with Crippen molar-refractivity contribution >= 4 is 0 Å². The summed E-state index contributed by atoms with van der Waals surface area (Å²) in [4.78, 5) is 2.46. The van der Waals surface area contributed by atoms with Gasteiger partial charge in [0.15, 0.2) is 0 Å². The molecule has 0 atom stereocenters. The first-order valence-corrected chi connectivity index (χ1v) is 5.11. The molecule has 1 saturated heterocycles. The fourth-order valence-corrected chi connectivity index (χ4v) is 1.59. The third-order valence-electron chi connectivity index (χ3n) is 2.85. The molecule has 13 heavy (non-hydrogen) atoms. The Hall–Kier alpha value is -0.340. The molecule has 0 amide bonds. The fourth-order valence-electron chi connectivity index (χ4n) is 1.59. The second kappa shape index (κ2) is 4.25. The zero-order valence-electron chi connectivity index (χ0n) is 9.09. The van der Waals surface area contributed by atoms with E-state index in [0.29, 0.717) is 12.0 Å². The van der Waals surface area contributed by atoms with Gasteiger partial charge in [-0.2, -0.15) is 0 Å². The molecule has 0 bridgehead atoms. The van der Waals surface area contributed by atoms with E-state index in [4.69, 9.17) is 5.73 Å². The molecule has 0 radical (unpaired) electrons. The van der Waals surface area contributed by atoms with E-state index < -0.39 is 0 Å². The van der Waals surface area contributed by atoms with Crippen LogP contribution in [0.5, 0.6) is 0 Å². The normalized spacial score (nSPS) is 20.9. The van der Waals surface area contributed by atoms with Crippen LogP contribution in [0.15, 0.2) is 12.2 Å². The van der Waals surface area contributed by atoms with E-state index in [2.05, 4.69) is 31.7 Å². The van der Waals surface area contributed by atoms with Crippen LogP contribution in [-0.2, 0) is 0 Å². The minimum Gasteiger partial charge on any atom is -0.327 e. The lowest BCUT2D eigenvalue weighted by molar-refractivity contribution is 0.0341. The Labute approximate surface area is 81.8 Å². The lowest BCUT2D eigenvalue weighted by atomic mass is 9.76. The van der Waals surface area contributed by atoms with Crippen LogP contribution in [0.3, 0.4) is 0 Å². The highest BCUT2D eigenvalue weighted by molar-refractivity contribution is 4.93. The topological polar surface area (TPSA) is 29.3 Å². The van der Waals surface area contributed by atoms with Gasteiger partial charge in [-0.3, -0.25) is 4.90 Å². The zero-order chi connectivity index (χ0) is 9.90. The van der Waals surface area contributed by atoms with Gasteiger partial charge >= 0.3 is 0 Å². The van der Waals surface area contributed by atoms with Gasteiger partial charge in [-0.1, -0.05) is 32.9 Å². The quantitative estimate of drug-likeness (QED) is 0.670. The maximum atomic E-state index is 5.37. The number of hydrogen-bond donors (Lipinski definition) is 1. The van der Waals surface area contributed by atoms with E-state index >= 15 is 0 Å². The van der Waals surface area contributed by atoms with Crippen molar-refractivity contribution in [2.24, 2.45) is 17.1 Å². The van der Waals surface area contributed by atoms with Crippen molar-refractivity contribution in [1.82, 2.24) is 4.90 Å². The van der Waals surface area contributed by atoms with Crippen molar-refractivity contribution in [2.75, 3.05) is 26.2 Å². The van der Waals surface area contributed by atoms with Gasteiger partial charge in [0.05, 0.1) is 0 Å². The van der Waals surface area contributed by atoms with Gasteiger partial charge in [0.25, 0.3) is 0 Å². The van der Waals surface area contributed by atoms with Gasteiger partial charge in [-0.25, -0.2) is 0 Å². The summed E-state index contributed by atoms with van der Waals surface area (Å²) in [6, 6.07) is 0. The third-order valence-corrected chi connectivity index (χ3v) is 2.85. The van der Waals surface area contributed by atoms with Crippen molar-refractivity contribution < 1.29 is 0 Å². The van der Waals surface area contributed by atoms with E-state index in [9.17, 15) is 0 Å².